The number of methoxy groups -OCH3 is 1. The fourth-order valence-electron chi connectivity index (χ4n) is 1.29. The number of alkyl halides is 1. The molecule has 0 unspecified atom stereocenters. The Morgan fingerprint density at radius 2 is 2.13 bits per heavy atom. The van der Waals surface area contributed by atoms with E-state index >= 15 is 0 Å². The lowest BCUT2D eigenvalue weighted by Gasteiger charge is -2.14. The van der Waals surface area contributed by atoms with Gasteiger partial charge >= 0.3 is 0 Å². The van der Waals surface area contributed by atoms with Crippen LogP contribution in [-0.4, -0.2) is 19.3 Å². The first-order valence-corrected chi connectivity index (χ1v) is 5.04. The molecule has 0 saturated heterocycles. The number of hydrogen-bond donors (Lipinski definition) is 1. The van der Waals surface area contributed by atoms with E-state index in [1.54, 1.807) is 21.0 Å². The Morgan fingerprint density at radius 1 is 1.40 bits per heavy atom. The van der Waals surface area contributed by atoms with Crippen molar-refractivity contribution >= 4 is 0 Å². The molecule has 0 bridgehead atoms. The van der Waals surface area contributed by atoms with Gasteiger partial charge in [-0.3, -0.25) is 0 Å². The average Bonchev–Trinajstić information content (AvgIpc) is 2.16. The molecule has 0 aromatic heterocycles. The van der Waals surface area contributed by atoms with Crippen molar-refractivity contribution in [1.29, 1.82) is 0 Å². The van der Waals surface area contributed by atoms with Crippen molar-refractivity contribution < 1.29 is 9.13 Å². The predicted molar refractivity (Wildman–Crippen MR) is 59.9 cm³/mol. The second-order valence-electron chi connectivity index (χ2n) is 4.17. The van der Waals surface area contributed by atoms with Crippen LogP contribution in [0.3, 0.4) is 0 Å². The van der Waals surface area contributed by atoms with E-state index in [-0.39, 0.29) is 0 Å². The van der Waals surface area contributed by atoms with Crippen LogP contribution < -0.4 is 10.1 Å². The third kappa shape index (κ3) is 4.79. The zero-order valence-corrected chi connectivity index (χ0v) is 9.51. The molecule has 0 amide bonds. The Kier molecular flexibility index (Phi) is 4.09. The molecule has 0 aliphatic carbocycles. The van der Waals surface area contributed by atoms with Gasteiger partial charge in [0, 0.05) is 13.1 Å². The normalized spacial score (nSPS) is 11.5. The van der Waals surface area contributed by atoms with E-state index in [4.69, 9.17) is 4.74 Å². The molecule has 1 rings (SSSR count). The lowest BCUT2D eigenvalue weighted by atomic mass is 10.1. The maximum absolute atomic E-state index is 13.1. The molecule has 1 aromatic rings. The van der Waals surface area contributed by atoms with Crippen LogP contribution in [0, 0.1) is 0 Å². The van der Waals surface area contributed by atoms with Crippen molar-refractivity contribution in [3.05, 3.63) is 29.8 Å². The number of benzene rings is 1. The van der Waals surface area contributed by atoms with E-state index in [1.165, 1.54) is 0 Å². The van der Waals surface area contributed by atoms with Crippen LogP contribution in [0.4, 0.5) is 4.39 Å². The van der Waals surface area contributed by atoms with Crippen LogP contribution in [0.2, 0.25) is 0 Å². The maximum atomic E-state index is 13.1. The summed E-state index contributed by atoms with van der Waals surface area (Å²) in [6.07, 6.45) is 0. The van der Waals surface area contributed by atoms with Gasteiger partial charge in [0.05, 0.1) is 7.11 Å². The van der Waals surface area contributed by atoms with Gasteiger partial charge in [0.15, 0.2) is 0 Å². The molecule has 0 radical (unpaired) electrons. The highest BCUT2D eigenvalue weighted by atomic mass is 19.1. The van der Waals surface area contributed by atoms with Gasteiger partial charge in [-0.25, -0.2) is 4.39 Å². The fraction of sp³-hybridized carbons (Fsp3) is 0.500. The quantitative estimate of drug-likeness (QED) is 0.808. The number of rotatable bonds is 5. The van der Waals surface area contributed by atoms with E-state index in [0.29, 0.717) is 13.1 Å². The van der Waals surface area contributed by atoms with E-state index in [1.807, 2.05) is 24.3 Å². The summed E-state index contributed by atoms with van der Waals surface area (Å²) in [6, 6.07) is 7.75. The Hall–Kier alpha value is -1.09. The molecule has 0 aliphatic rings. The molecule has 0 aliphatic heterocycles. The summed E-state index contributed by atoms with van der Waals surface area (Å²) in [5.74, 6) is 0.828. The Bertz CT molecular complexity index is 307. The second-order valence-corrected chi connectivity index (χ2v) is 4.17. The highest BCUT2D eigenvalue weighted by Crippen LogP contribution is 2.12. The summed E-state index contributed by atoms with van der Waals surface area (Å²) in [5, 5.41) is 3.06. The van der Waals surface area contributed by atoms with Crippen LogP contribution in [0.25, 0.3) is 0 Å². The molecule has 0 heterocycles. The third-order valence-electron chi connectivity index (χ3n) is 2.01. The van der Waals surface area contributed by atoms with Crippen LogP contribution in [0.15, 0.2) is 24.3 Å². The number of hydrogen-bond acceptors (Lipinski definition) is 2. The lowest BCUT2D eigenvalue weighted by molar-refractivity contribution is 0.210. The Labute approximate surface area is 90.4 Å². The van der Waals surface area contributed by atoms with Crippen LogP contribution in [0.5, 0.6) is 5.75 Å². The predicted octanol–water partition coefficient (Wildman–Crippen LogP) is 2.53. The smallest absolute Gasteiger partial charge is 0.119 e. The highest BCUT2D eigenvalue weighted by Gasteiger charge is 2.13. The minimum Gasteiger partial charge on any atom is -0.497 e. The zero-order chi connectivity index (χ0) is 11.3. The van der Waals surface area contributed by atoms with Crippen molar-refractivity contribution in [2.24, 2.45) is 0 Å². The summed E-state index contributed by atoms with van der Waals surface area (Å²) >= 11 is 0. The van der Waals surface area contributed by atoms with Gasteiger partial charge in [0.1, 0.15) is 11.4 Å². The number of halogens is 1. The summed E-state index contributed by atoms with van der Waals surface area (Å²) in [6.45, 7) is 4.13. The first kappa shape index (κ1) is 12.0. The van der Waals surface area contributed by atoms with Crippen molar-refractivity contribution in [3.63, 3.8) is 0 Å². The van der Waals surface area contributed by atoms with Gasteiger partial charge in [0.25, 0.3) is 0 Å². The van der Waals surface area contributed by atoms with Crippen LogP contribution in [0.1, 0.15) is 19.4 Å². The molecule has 84 valence electrons. The topological polar surface area (TPSA) is 21.3 Å². The van der Waals surface area contributed by atoms with Gasteiger partial charge < -0.3 is 10.1 Å². The van der Waals surface area contributed by atoms with Gasteiger partial charge in [-0.05, 0) is 31.5 Å². The molecular weight excluding hydrogens is 193 g/mol. The zero-order valence-electron chi connectivity index (χ0n) is 9.51. The van der Waals surface area contributed by atoms with E-state index in [0.717, 1.165) is 11.3 Å². The van der Waals surface area contributed by atoms with Crippen LogP contribution >= 0.6 is 0 Å². The number of ether oxygens (including phenoxy) is 1. The maximum Gasteiger partial charge on any atom is 0.119 e. The summed E-state index contributed by atoms with van der Waals surface area (Å²) in [4.78, 5) is 0. The number of nitrogens with one attached hydrogen (secondary N) is 1. The monoisotopic (exact) mass is 211 g/mol. The molecule has 1 N–H and O–H groups in total. The van der Waals surface area contributed by atoms with E-state index in [9.17, 15) is 4.39 Å². The van der Waals surface area contributed by atoms with E-state index in [2.05, 4.69) is 5.32 Å². The minimum absolute atomic E-state index is 0.351. The van der Waals surface area contributed by atoms with Crippen molar-refractivity contribution in [2.45, 2.75) is 26.1 Å². The summed E-state index contributed by atoms with van der Waals surface area (Å²) < 4.78 is 18.3. The van der Waals surface area contributed by atoms with Crippen LogP contribution in [-0.2, 0) is 6.54 Å². The first-order valence-electron chi connectivity index (χ1n) is 5.04. The largest absolute Gasteiger partial charge is 0.497 e. The van der Waals surface area contributed by atoms with Gasteiger partial charge in [0.2, 0.25) is 0 Å². The van der Waals surface area contributed by atoms with E-state index < -0.39 is 5.67 Å². The molecule has 1 aromatic carbocycles. The molecular formula is C12H18FNO. The first-order chi connectivity index (χ1) is 7.01. The fourth-order valence-corrected chi connectivity index (χ4v) is 1.29. The molecule has 0 spiro atoms. The third-order valence-corrected chi connectivity index (χ3v) is 2.01. The standard InChI is InChI=1S/C12H18FNO/c1-12(2,13)9-14-8-10-5-4-6-11(7-10)15-3/h4-7,14H,8-9H2,1-3H3. The molecule has 0 fully saturated rings. The Morgan fingerprint density at radius 3 is 2.73 bits per heavy atom. The molecule has 0 atom stereocenters. The minimum atomic E-state index is -1.17. The van der Waals surface area contributed by atoms with Gasteiger partial charge in [-0.1, -0.05) is 12.1 Å². The van der Waals surface area contributed by atoms with Crippen molar-refractivity contribution in [2.75, 3.05) is 13.7 Å². The molecule has 2 nitrogen and oxygen atoms in total. The van der Waals surface area contributed by atoms with Crippen molar-refractivity contribution in [3.8, 4) is 5.75 Å². The molecule has 15 heavy (non-hydrogen) atoms. The summed E-state index contributed by atoms with van der Waals surface area (Å²) in [7, 11) is 1.64. The lowest BCUT2D eigenvalue weighted by Crippen LogP contribution is -2.30. The molecule has 0 saturated carbocycles. The Balaban J connectivity index is 2.44. The average molecular weight is 211 g/mol. The summed E-state index contributed by atoms with van der Waals surface area (Å²) in [5.41, 5.74) is -0.0719. The highest BCUT2D eigenvalue weighted by molar-refractivity contribution is 5.28. The SMILES string of the molecule is COc1cccc(CNCC(C)(C)F)c1. The second kappa shape index (κ2) is 5.12. The van der Waals surface area contributed by atoms with Crippen molar-refractivity contribution in [1.82, 2.24) is 5.32 Å². The molecule has 3 heteroatoms. The van der Waals surface area contributed by atoms with Gasteiger partial charge in [-0.2, -0.15) is 0 Å². The van der Waals surface area contributed by atoms with Gasteiger partial charge in [-0.15, -0.1) is 0 Å².